The lowest BCUT2D eigenvalue weighted by molar-refractivity contribution is -0.0333. The summed E-state index contributed by atoms with van der Waals surface area (Å²) in [6, 6.07) is 0. The van der Waals surface area contributed by atoms with Gasteiger partial charge in [0.25, 0.3) is 0 Å². The minimum absolute atomic E-state index is 0. The van der Waals surface area contributed by atoms with Crippen molar-refractivity contribution < 1.29 is 4.74 Å². The number of hydrogen-bond acceptors (Lipinski definition) is 3. The monoisotopic (exact) mass is 450 g/mol. The molecule has 24 heavy (non-hydrogen) atoms. The van der Waals surface area contributed by atoms with E-state index in [1.807, 2.05) is 0 Å². The summed E-state index contributed by atoms with van der Waals surface area (Å²) < 4.78 is 5.57. The molecule has 1 heterocycles. The number of rotatable bonds is 6. The maximum absolute atomic E-state index is 5.57. The number of ether oxygens (including phenoxy) is 1. The fourth-order valence-electron chi connectivity index (χ4n) is 3.95. The summed E-state index contributed by atoms with van der Waals surface area (Å²) in [7, 11) is 0. The Bertz CT molecular complexity index is 388. The lowest BCUT2D eigenvalue weighted by atomic mass is 9.80. The molecular weight excluding hydrogens is 415 g/mol. The van der Waals surface area contributed by atoms with Gasteiger partial charge in [-0.2, -0.15) is 0 Å². The predicted octanol–water partition coefficient (Wildman–Crippen LogP) is 2.60. The van der Waals surface area contributed by atoms with Gasteiger partial charge in [0.2, 0.25) is 0 Å². The Morgan fingerprint density at radius 2 is 1.83 bits per heavy atom. The minimum Gasteiger partial charge on any atom is -0.379 e. The van der Waals surface area contributed by atoms with Crippen molar-refractivity contribution in [3.05, 3.63) is 0 Å². The smallest absolute Gasteiger partial charge is 0.191 e. The largest absolute Gasteiger partial charge is 0.379 e. The Labute approximate surface area is 164 Å². The topological polar surface area (TPSA) is 48.9 Å². The Kier molecular flexibility index (Phi) is 8.57. The molecule has 3 aliphatic rings. The zero-order valence-electron chi connectivity index (χ0n) is 15.2. The van der Waals surface area contributed by atoms with E-state index >= 15 is 0 Å². The number of nitrogens with zero attached hydrogens (tertiary/aromatic N) is 2. The fourth-order valence-corrected chi connectivity index (χ4v) is 3.95. The SMILES string of the molecule is CCNC(=NCC1(N2CCOCC2)CCCCC1)NCC1CC1.I. The summed E-state index contributed by atoms with van der Waals surface area (Å²) in [5, 5.41) is 6.96. The molecule has 0 atom stereocenters. The lowest BCUT2D eigenvalue weighted by Crippen LogP contribution is -2.56. The van der Waals surface area contributed by atoms with E-state index in [4.69, 9.17) is 9.73 Å². The van der Waals surface area contributed by atoms with E-state index < -0.39 is 0 Å². The average molecular weight is 450 g/mol. The van der Waals surface area contributed by atoms with Crippen LogP contribution in [-0.4, -0.2) is 62.3 Å². The second kappa shape index (κ2) is 10.2. The number of nitrogens with one attached hydrogen (secondary N) is 2. The van der Waals surface area contributed by atoms with Crippen molar-refractivity contribution >= 4 is 29.9 Å². The van der Waals surface area contributed by atoms with E-state index in [1.54, 1.807) is 0 Å². The van der Waals surface area contributed by atoms with Crippen molar-refractivity contribution in [2.45, 2.75) is 57.4 Å². The van der Waals surface area contributed by atoms with Crippen LogP contribution in [0.4, 0.5) is 0 Å². The van der Waals surface area contributed by atoms with Crippen LogP contribution >= 0.6 is 24.0 Å². The predicted molar refractivity (Wildman–Crippen MR) is 110 cm³/mol. The second-order valence-corrected chi connectivity index (χ2v) is 7.40. The average Bonchev–Trinajstić information content (AvgIpc) is 3.43. The van der Waals surface area contributed by atoms with E-state index in [0.717, 1.165) is 57.8 Å². The van der Waals surface area contributed by atoms with Gasteiger partial charge in [-0.3, -0.25) is 9.89 Å². The van der Waals surface area contributed by atoms with Gasteiger partial charge >= 0.3 is 0 Å². The first-order chi connectivity index (χ1) is 11.3. The van der Waals surface area contributed by atoms with Crippen molar-refractivity contribution in [3.8, 4) is 0 Å². The molecule has 2 saturated carbocycles. The number of hydrogen-bond donors (Lipinski definition) is 2. The molecule has 0 spiro atoms. The standard InChI is InChI=1S/C18H34N4O.HI/c1-2-19-17(20-14-16-6-7-16)21-15-18(8-4-3-5-9-18)22-10-12-23-13-11-22;/h16H,2-15H2,1H3,(H2,19,20,21);1H. The summed E-state index contributed by atoms with van der Waals surface area (Å²) in [6.07, 6.45) is 9.42. The van der Waals surface area contributed by atoms with Gasteiger partial charge in [0.1, 0.15) is 0 Å². The summed E-state index contributed by atoms with van der Waals surface area (Å²) in [4.78, 5) is 7.67. The fraction of sp³-hybridized carbons (Fsp3) is 0.944. The third kappa shape index (κ3) is 5.73. The van der Waals surface area contributed by atoms with Crippen molar-refractivity contribution in [1.29, 1.82) is 0 Å². The van der Waals surface area contributed by atoms with Crippen LogP contribution in [0.1, 0.15) is 51.9 Å². The van der Waals surface area contributed by atoms with Gasteiger partial charge in [0, 0.05) is 31.7 Å². The molecular formula is C18H35IN4O. The molecule has 1 saturated heterocycles. The van der Waals surface area contributed by atoms with Gasteiger partial charge < -0.3 is 15.4 Å². The van der Waals surface area contributed by atoms with Gasteiger partial charge in [0.05, 0.1) is 19.8 Å². The highest BCUT2D eigenvalue weighted by Crippen LogP contribution is 2.34. The van der Waals surface area contributed by atoms with Crippen LogP contribution in [0.5, 0.6) is 0 Å². The Hall–Kier alpha value is -0.0800. The Morgan fingerprint density at radius 1 is 1.12 bits per heavy atom. The van der Waals surface area contributed by atoms with E-state index in [9.17, 15) is 0 Å². The van der Waals surface area contributed by atoms with Crippen molar-refractivity contribution in [1.82, 2.24) is 15.5 Å². The molecule has 0 aromatic rings. The molecule has 3 rings (SSSR count). The van der Waals surface area contributed by atoms with E-state index in [2.05, 4.69) is 22.5 Å². The molecule has 0 unspecified atom stereocenters. The van der Waals surface area contributed by atoms with Crippen LogP contribution in [0.15, 0.2) is 4.99 Å². The number of aliphatic imine (C=N–C) groups is 1. The molecule has 6 heteroatoms. The van der Waals surface area contributed by atoms with Gasteiger partial charge in [-0.1, -0.05) is 19.3 Å². The number of halogens is 1. The molecule has 2 aliphatic carbocycles. The maximum atomic E-state index is 5.57. The van der Waals surface area contributed by atoms with Crippen LogP contribution < -0.4 is 10.6 Å². The van der Waals surface area contributed by atoms with E-state index in [1.165, 1.54) is 44.9 Å². The maximum Gasteiger partial charge on any atom is 0.191 e. The highest BCUT2D eigenvalue weighted by Gasteiger charge is 2.38. The minimum atomic E-state index is 0. The first kappa shape index (κ1) is 20.2. The molecule has 0 radical (unpaired) electrons. The van der Waals surface area contributed by atoms with Gasteiger partial charge in [-0.15, -0.1) is 24.0 Å². The van der Waals surface area contributed by atoms with Gasteiger partial charge in [-0.25, -0.2) is 0 Å². The van der Waals surface area contributed by atoms with Crippen LogP contribution in [0.25, 0.3) is 0 Å². The quantitative estimate of drug-likeness (QED) is 0.371. The van der Waals surface area contributed by atoms with Crippen molar-refractivity contribution in [2.75, 3.05) is 45.9 Å². The first-order valence-corrected chi connectivity index (χ1v) is 9.67. The molecule has 0 amide bonds. The summed E-state index contributed by atoms with van der Waals surface area (Å²) in [5.41, 5.74) is 0.268. The first-order valence-electron chi connectivity index (χ1n) is 9.67. The lowest BCUT2D eigenvalue weighted by Gasteiger charge is -2.47. The molecule has 3 fully saturated rings. The van der Waals surface area contributed by atoms with Crippen molar-refractivity contribution in [3.63, 3.8) is 0 Å². The third-order valence-electron chi connectivity index (χ3n) is 5.60. The summed E-state index contributed by atoms with van der Waals surface area (Å²) in [6.45, 7) is 8.98. The highest BCUT2D eigenvalue weighted by atomic mass is 127. The summed E-state index contributed by atoms with van der Waals surface area (Å²) in [5.74, 6) is 1.89. The molecule has 0 aromatic heterocycles. The molecule has 2 N–H and O–H groups in total. The summed E-state index contributed by atoms with van der Waals surface area (Å²) >= 11 is 0. The van der Waals surface area contributed by atoms with E-state index in [0.29, 0.717) is 0 Å². The van der Waals surface area contributed by atoms with Crippen molar-refractivity contribution in [2.24, 2.45) is 10.9 Å². The zero-order chi connectivity index (χ0) is 16.0. The van der Waals surface area contributed by atoms with E-state index in [-0.39, 0.29) is 29.5 Å². The van der Waals surface area contributed by atoms with Gasteiger partial charge in [-0.05, 0) is 38.5 Å². The Morgan fingerprint density at radius 3 is 2.46 bits per heavy atom. The molecule has 5 nitrogen and oxygen atoms in total. The molecule has 0 bridgehead atoms. The molecule has 140 valence electrons. The van der Waals surface area contributed by atoms with Gasteiger partial charge in [0.15, 0.2) is 5.96 Å². The molecule has 0 aromatic carbocycles. The normalized spacial score (nSPS) is 25.0. The van der Waals surface area contributed by atoms with Crippen LogP contribution in [-0.2, 0) is 4.74 Å². The van der Waals surface area contributed by atoms with Crippen LogP contribution in [0.2, 0.25) is 0 Å². The number of morpholine rings is 1. The third-order valence-corrected chi connectivity index (χ3v) is 5.60. The number of guanidine groups is 1. The molecule has 1 aliphatic heterocycles. The zero-order valence-corrected chi connectivity index (χ0v) is 17.5. The van der Waals surface area contributed by atoms with Crippen LogP contribution in [0, 0.1) is 5.92 Å². The highest BCUT2D eigenvalue weighted by molar-refractivity contribution is 14.0. The van der Waals surface area contributed by atoms with Crippen LogP contribution in [0.3, 0.4) is 0 Å². The second-order valence-electron chi connectivity index (χ2n) is 7.40. The Balaban J connectivity index is 0.00000208.